The van der Waals surface area contributed by atoms with Crippen molar-refractivity contribution in [2.45, 2.75) is 6.42 Å². The zero-order valence-corrected chi connectivity index (χ0v) is 10.7. The molecule has 1 aliphatic rings. The van der Waals surface area contributed by atoms with Gasteiger partial charge in [-0.1, -0.05) is 0 Å². The number of fused-ring (bicyclic) bond motifs is 3. The maximum Gasteiger partial charge on any atom is 0.345 e. The van der Waals surface area contributed by atoms with Crippen LogP contribution in [0.4, 0.5) is 0 Å². The van der Waals surface area contributed by atoms with Gasteiger partial charge < -0.3 is 9.84 Å². The predicted octanol–water partition coefficient (Wildman–Crippen LogP) is 2.92. The van der Waals surface area contributed by atoms with Crippen LogP contribution in [-0.2, 0) is 6.42 Å². The molecule has 0 radical (unpaired) electrons. The number of hydrogen-bond acceptors (Lipinski definition) is 4. The molecule has 3 rings (SSSR count). The summed E-state index contributed by atoms with van der Waals surface area (Å²) in [6.45, 7) is 0.494. The van der Waals surface area contributed by atoms with E-state index in [-0.39, 0.29) is 0 Å². The molecule has 0 saturated heterocycles. The van der Waals surface area contributed by atoms with Crippen LogP contribution in [0.3, 0.4) is 0 Å². The fraction of sp³-hybridized carbons (Fsp3) is 0.143. The highest BCUT2D eigenvalue weighted by molar-refractivity contribution is 7.14. The molecule has 0 fully saturated rings. The molecule has 5 heteroatoms. The average Bonchev–Trinajstić information content (AvgIpc) is 2.76. The Morgan fingerprint density at radius 2 is 2.21 bits per heavy atom. The molecule has 0 bridgehead atoms. The Labute approximate surface area is 113 Å². The van der Waals surface area contributed by atoms with E-state index in [0.29, 0.717) is 29.2 Å². The molecule has 0 amide bonds. The van der Waals surface area contributed by atoms with Gasteiger partial charge in [0.25, 0.3) is 0 Å². The minimum absolute atomic E-state index is 0.335. The van der Waals surface area contributed by atoms with Gasteiger partial charge in [0.05, 0.1) is 18.2 Å². The highest BCUT2D eigenvalue weighted by Gasteiger charge is 2.20. The van der Waals surface area contributed by atoms with Crippen LogP contribution in [0.2, 0.25) is 0 Å². The Kier molecular flexibility index (Phi) is 2.73. The molecule has 0 unspecified atom stereocenters. The molecule has 1 N–H and O–H groups in total. The van der Waals surface area contributed by atoms with Crippen molar-refractivity contribution in [3.05, 3.63) is 39.6 Å². The van der Waals surface area contributed by atoms with Crippen LogP contribution < -0.4 is 4.74 Å². The number of thiophene rings is 1. The van der Waals surface area contributed by atoms with E-state index in [1.165, 1.54) is 11.3 Å². The van der Waals surface area contributed by atoms with Crippen molar-refractivity contribution in [3.63, 3.8) is 0 Å². The number of hydrogen-bond donors (Lipinski definition) is 1. The maximum atomic E-state index is 11.1. The first-order chi connectivity index (χ1) is 9.19. The third kappa shape index (κ3) is 1.96. The molecular formula is C14H9NO3S. The third-order valence-electron chi connectivity index (χ3n) is 3.01. The van der Waals surface area contributed by atoms with E-state index in [4.69, 9.17) is 15.1 Å². The van der Waals surface area contributed by atoms with Crippen LogP contribution >= 0.6 is 11.3 Å². The summed E-state index contributed by atoms with van der Waals surface area (Å²) in [7, 11) is 0. The summed E-state index contributed by atoms with van der Waals surface area (Å²) in [6.07, 6.45) is 0.684. The molecule has 94 valence electrons. The van der Waals surface area contributed by atoms with Crippen LogP contribution in [0.1, 0.15) is 20.1 Å². The number of carboxylic acids is 1. The summed E-state index contributed by atoms with van der Waals surface area (Å²) in [5.41, 5.74) is 2.30. The fourth-order valence-corrected chi connectivity index (χ4v) is 3.13. The van der Waals surface area contributed by atoms with Crippen LogP contribution in [-0.4, -0.2) is 17.7 Å². The van der Waals surface area contributed by atoms with Crippen LogP contribution in [0.5, 0.6) is 5.75 Å². The molecule has 1 aliphatic heterocycles. The van der Waals surface area contributed by atoms with Crippen LogP contribution in [0, 0.1) is 11.3 Å². The summed E-state index contributed by atoms with van der Waals surface area (Å²) >= 11 is 1.29. The highest BCUT2D eigenvalue weighted by atomic mass is 32.1. The molecule has 2 heterocycles. The van der Waals surface area contributed by atoms with Gasteiger partial charge in [-0.25, -0.2) is 4.79 Å². The lowest BCUT2D eigenvalue weighted by atomic mass is 10.0. The Bertz CT molecular complexity index is 712. The number of carboxylic acid groups (broad SMARTS) is 1. The molecule has 1 aromatic heterocycles. The second-order valence-corrected chi connectivity index (χ2v) is 5.31. The maximum absolute atomic E-state index is 11.1. The van der Waals surface area contributed by atoms with Crippen molar-refractivity contribution in [3.8, 4) is 22.9 Å². The summed E-state index contributed by atoms with van der Waals surface area (Å²) in [5.74, 6) is -0.262. The minimum Gasteiger partial charge on any atom is -0.493 e. The number of carbonyl (C=O) groups is 1. The quantitative estimate of drug-likeness (QED) is 0.865. The molecule has 2 aromatic rings. The van der Waals surface area contributed by atoms with Crippen LogP contribution in [0.15, 0.2) is 24.3 Å². The monoisotopic (exact) mass is 271 g/mol. The molecule has 0 aliphatic carbocycles. The Hall–Kier alpha value is -2.32. The lowest BCUT2D eigenvalue weighted by Crippen LogP contribution is -1.98. The summed E-state index contributed by atoms with van der Waals surface area (Å²) in [5, 5.41) is 18.0. The topological polar surface area (TPSA) is 70.3 Å². The van der Waals surface area contributed by atoms with Gasteiger partial charge in [0, 0.05) is 22.4 Å². The number of aromatic carboxylic acids is 1. The number of benzene rings is 1. The van der Waals surface area contributed by atoms with E-state index >= 15 is 0 Å². The van der Waals surface area contributed by atoms with Crippen molar-refractivity contribution >= 4 is 17.3 Å². The summed E-state index contributed by atoms with van der Waals surface area (Å²) in [4.78, 5) is 12.4. The molecule has 4 nitrogen and oxygen atoms in total. The predicted molar refractivity (Wildman–Crippen MR) is 70.6 cm³/mol. The highest BCUT2D eigenvalue weighted by Crippen LogP contribution is 2.40. The smallest absolute Gasteiger partial charge is 0.345 e. The molecule has 1 aromatic carbocycles. The van der Waals surface area contributed by atoms with Gasteiger partial charge in [-0.3, -0.25) is 0 Å². The van der Waals surface area contributed by atoms with E-state index in [9.17, 15) is 4.79 Å². The molecule has 0 spiro atoms. The zero-order valence-electron chi connectivity index (χ0n) is 9.84. The zero-order chi connectivity index (χ0) is 13.4. The van der Waals surface area contributed by atoms with E-state index in [0.717, 1.165) is 16.0 Å². The second kappa shape index (κ2) is 4.41. The van der Waals surface area contributed by atoms with Gasteiger partial charge in [-0.2, -0.15) is 5.26 Å². The van der Waals surface area contributed by atoms with E-state index in [1.807, 2.05) is 6.07 Å². The lowest BCUT2D eigenvalue weighted by Gasteiger charge is -2.07. The Morgan fingerprint density at radius 3 is 2.95 bits per heavy atom. The van der Waals surface area contributed by atoms with Crippen molar-refractivity contribution in [2.24, 2.45) is 0 Å². The van der Waals surface area contributed by atoms with Crippen molar-refractivity contribution in [1.29, 1.82) is 5.26 Å². The van der Waals surface area contributed by atoms with Gasteiger partial charge in [-0.15, -0.1) is 11.3 Å². The molecule has 0 saturated carbocycles. The van der Waals surface area contributed by atoms with Gasteiger partial charge in [0.2, 0.25) is 0 Å². The van der Waals surface area contributed by atoms with Gasteiger partial charge in [-0.05, 0) is 24.3 Å². The number of nitriles is 1. The van der Waals surface area contributed by atoms with Gasteiger partial charge in [0.15, 0.2) is 0 Å². The summed E-state index contributed by atoms with van der Waals surface area (Å²) < 4.78 is 5.64. The lowest BCUT2D eigenvalue weighted by molar-refractivity contribution is 0.0702. The van der Waals surface area contributed by atoms with Crippen molar-refractivity contribution in [1.82, 2.24) is 0 Å². The minimum atomic E-state index is -0.908. The number of rotatable bonds is 1. The van der Waals surface area contributed by atoms with E-state index in [1.54, 1.807) is 18.2 Å². The first-order valence-electron chi connectivity index (χ1n) is 5.72. The van der Waals surface area contributed by atoms with Gasteiger partial charge >= 0.3 is 5.97 Å². The van der Waals surface area contributed by atoms with E-state index < -0.39 is 5.97 Å². The number of ether oxygens (including phenoxy) is 1. The first-order valence-corrected chi connectivity index (χ1v) is 6.54. The average molecular weight is 271 g/mol. The fourth-order valence-electron chi connectivity index (χ4n) is 2.14. The normalized spacial score (nSPS) is 12.6. The standard InChI is InChI=1S/C14H9NO3S/c15-7-8-1-2-9-10-6-13(14(16)17)19-12(10)3-4-18-11(9)5-8/h1-2,5-6H,3-4H2,(H,16,17). The molecule has 0 atom stereocenters. The Morgan fingerprint density at radius 1 is 1.37 bits per heavy atom. The SMILES string of the molecule is N#Cc1ccc2c(c1)OCCc1sc(C(=O)O)cc1-2. The van der Waals surface area contributed by atoms with Crippen molar-refractivity contribution in [2.75, 3.05) is 6.61 Å². The van der Waals surface area contributed by atoms with Crippen molar-refractivity contribution < 1.29 is 14.6 Å². The molecular weight excluding hydrogens is 262 g/mol. The first kappa shape index (κ1) is 11.8. The Balaban J connectivity index is 2.19. The largest absolute Gasteiger partial charge is 0.493 e. The summed E-state index contributed by atoms with van der Waals surface area (Å²) in [6, 6.07) is 8.99. The van der Waals surface area contributed by atoms with Gasteiger partial charge in [0.1, 0.15) is 10.6 Å². The second-order valence-electron chi connectivity index (χ2n) is 4.17. The van der Waals surface area contributed by atoms with E-state index in [2.05, 4.69) is 6.07 Å². The molecule has 19 heavy (non-hydrogen) atoms. The van der Waals surface area contributed by atoms with Crippen LogP contribution in [0.25, 0.3) is 11.1 Å². The third-order valence-corrected chi connectivity index (χ3v) is 4.19. The number of nitrogens with zero attached hydrogens (tertiary/aromatic N) is 1.